The lowest BCUT2D eigenvalue weighted by Gasteiger charge is -2.20. The average Bonchev–Trinajstić information content (AvgIpc) is 3.32. The molecule has 0 unspecified atom stereocenters. The zero-order chi connectivity index (χ0) is 26.4. The molecule has 1 atom stereocenters. The van der Waals surface area contributed by atoms with Crippen molar-refractivity contribution in [1.29, 1.82) is 5.41 Å². The van der Waals surface area contributed by atoms with Crippen LogP contribution in [0.5, 0.6) is 17.2 Å². The largest absolute Gasteiger partial charge is 0.493 e. The summed E-state index contributed by atoms with van der Waals surface area (Å²) in [4.78, 5) is 16.8. The van der Waals surface area contributed by atoms with Crippen LogP contribution in [0.1, 0.15) is 57.1 Å². The van der Waals surface area contributed by atoms with E-state index < -0.39 is 5.91 Å². The standard InChI is InChI=1S/C28H32N4O4S/c1-5-7-25-31-32-26(29)22(27(33)30-28(32)37-25)16-19-8-13-23(24(17-19)34-4)36-15-14-35-21-11-9-20(10-12-21)18(3)6-2/h8-13,16-18,29H,5-7,14-15H2,1-4H3/b22-16-,29-26?/t18-/m0/s1. The van der Waals surface area contributed by atoms with Crippen LogP contribution in [0.3, 0.4) is 0 Å². The van der Waals surface area contributed by atoms with Gasteiger partial charge in [0.25, 0.3) is 5.91 Å². The minimum atomic E-state index is -0.453. The van der Waals surface area contributed by atoms with Crippen molar-refractivity contribution in [3.8, 4) is 17.2 Å². The van der Waals surface area contributed by atoms with Crippen LogP contribution in [-0.2, 0) is 4.79 Å². The Labute approximate surface area is 221 Å². The van der Waals surface area contributed by atoms with Crippen molar-refractivity contribution >= 4 is 39.8 Å². The highest BCUT2D eigenvalue weighted by Gasteiger charge is 2.35. The van der Waals surface area contributed by atoms with Gasteiger partial charge in [-0.1, -0.05) is 39.0 Å². The summed E-state index contributed by atoms with van der Waals surface area (Å²) in [5, 5.41) is 15.7. The molecular formula is C28H32N4O4S. The number of hydrogen-bond acceptors (Lipinski definition) is 7. The molecule has 0 spiro atoms. The minimum absolute atomic E-state index is 0.0160. The maximum atomic E-state index is 12.6. The van der Waals surface area contributed by atoms with Gasteiger partial charge in [0, 0.05) is 0 Å². The first kappa shape index (κ1) is 26.5. The van der Waals surface area contributed by atoms with Gasteiger partial charge in [-0.15, -0.1) is 0 Å². The Bertz CT molecular complexity index is 1250. The SMILES string of the molecule is CCCC1=NN2C(=N)/C(=C/c3ccc(OCCOc4ccc([C@@H](C)CC)cc4)c(OC)c3)C(=O)N=C2S1. The number of nitrogens with one attached hydrogen (secondary N) is 1. The number of aliphatic imine (C=N–C) groups is 1. The first-order valence-electron chi connectivity index (χ1n) is 12.5. The van der Waals surface area contributed by atoms with Crippen LogP contribution in [0.2, 0.25) is 0 Å². The number of rotatable bonds is 11. The van der Waals surface area contributed by atoms with Crippen molar-refractivity contribution in [1.82, 2.24) is 5.01 Å². The molecule has 2 aromatic rings. The van der Waals surface area contributed by atoms with Crippen LogP contribution in [-0.4, -0.2) is 47.3 Å². The Kier molecular flexibility index (Phi) is 8.66. The zero-order valence-electron chi connectivity index (χ0n) is 21.6. The summed E-state index contributed by atoms with van der Waals surface area (Å²) in [6.45, 7) is 7.18. The topological polar surface area (TPSA) is 96.6 Å². The molecule has 0 aromatic heterocycles. The van der Waals surface area contributed by atoms with Crippen molar-refractivity contribution in [3.05, 3.63) is 59.2 Å². The van der Waals surface area contributed by atoms with Crippen LogP contribution < -0.4 is 14.2 Å². The summed E-state index contributed by atoms with van der Waals surface area (Å²) < 4.78 is 17.2. The van der Waals surface area contributed by atoms with Crippen LogP contribution in [0.25, 0.3) is 6.08 Å². The highest BCUT2D eigenvalue weighted by atomic mass is 32.2. The molecule has 0 radical (unpaired) electrons. The van der Waals surface area contributed by atoms with Crippen LogP contribution in [0.15, 0.2) is 58.1 Å². The predicted octanol–water partition coefficient (Wildman–Crippen LogP) is 6.09. The van der Waals surface area contributed by atoms with E-state index >= 15 is 0 Å². The molecule has 0 bridgehead atoms. The fourth-order valence-electron chi connectivity index (χ4n) is 3.85. The molecule has 4 rings (SSSR count). The summed E-state index contributed by atoms with van der Waals surface area (Å²) >= 11 is 1.34. The van der Waals surface area contributed by atoms with Crippen molar-refractivity contribution < 1.29 is 19.0 Å². The smallest absolute Gasteiger partial charge is 0.283 e. The molecule has 0 saturated carbocycles. The zero-order valence-corrected chi connectivity index (χ0v) is 22.4. The monoisotopic (exact) mass is 520 g/mol. The van der Waals surface area contributed by atoms with E-state index in [4.69, 9.17) is 19.6 Å². The average molecular weight is 521 g/mol. The number of nitrogens with zero attached hydrogens (tertiary/aromatic N) is 3. The number of amidine groups is 2. The summed E-state index contributed by atoms with van der Waals surface area (Å²) in [6, 6.07) is 13.5. The molecule has 9 heteroatoms. The van der Waals surface area contributed by atoms with E-state index in [-0.39, 0.29) is 11.4 Å². The van der Waals surface area contributed by atoms with Gasteiger partial charge in [-0.25, -0.2) is 0 Å². The molecule has 0 saturated heterocycles. The van der Waals surface area contributed by atoms with E-state index in [9.17, 15) is 4.79 Å². The van der Waals surface area contributed by atoms with Crippen LogP contribution >= 0.6 is 11.8 Å². The molecular weight excluding hydrogens is 488 g/mol. The van der Waals surface area contributed by atoms with Gasteiger partial charge in [-0.05, 0) is 78.4 Å². The summed E-state index contributed by atoms with van der Waals surface area (Å²) in [5.41, 5.74) is 2.17. The number of hydrogen-bond donors (Lipinski definition) is 1. The number of ether oxygens (including phenoxy) is 3. The number of amides is 1. The first-order valence-corrected chi connectivity index (χ1v) is 13.3. The highest BCUT2D eigenvalue weighted by Crippen LogP contribution is 2.32. The minimum Gasteiger partial charge on any atom is -0.493 e. The maximum Gasteiger partial charge on any atom is 0.283 e. The fraction of sp³-hybridized carbons (Fsp3) is 0.357. The Balaban J connectivity index is 1.38. The number of methoxy groups -OCH3 is 1. The number of hydrazone groups is 1. The second-order valence-corrected chi connectivity index (χ2v) is 9.79. The van der Waals surface area contributed by atoms with Crippen molar-refractivity contribution in [2.45, 2.75) is 46.0 Å². The molecule has 0 fully saturated rings. The Hall–Kier alpha value is -3.59. The number of fused-ring (bicyclic) bond motifs is 1. The van der Waals surface area contributed by atoms with Gasteiger partial charge in [0.1, 0.15) is 24.0 Å². The van der Waals surface area contributed by atoms with Crippen LogP contribution in [0, 0.1) is 5.41 Å². The van der Waals surface area contributed by atoms with Gasteiger partial charge in [0.15, 0.2) is 17.3 Å². The lowest BCUT2D eigenvalue weighted by molar-refractivity contribution is -0.114. The molecule has 2 aromatic carbocycles. The Morgan fingerprint density at radius 1 is 1.08 bits per heavy atom. The van der Waals surface area contributed by atoms with Crippen molar-refractivity contribution in [2.24, 2.45) is 10.1 Å². The molecule has 8 nitrogen and oxygen atoms in total. The molecule has 2 aliphatic heterocycles. The molecule has 1 N–H and O–H groups in total. The number of thioether (sulfide) groups is 1. The van der Waals surface area contributed by atoms with E-state index in [1.54, 1.807) is 25.3 Å². The number of carbonyl (C=O) groups excluding carboxylic acids is 1. The van der Waals surface area contributed by atoms with Gasteiger partial charge in [0.05, 0.1) is 12.7 Å². The van der Waals surface area contributed by atoms with Crippen molar-refractivity contribution in [2.75, 3.05) is 20.3 Å². The van der Waals surface area contributed by atoms with E-state index in [0.717, 1.165) is 30.1 Å². The van der Waals surface area contributed by atoms with E-state index in [1.807, 2.05) is 18.2 Å². The molecule has 0 aliphatic carbocycles. The van der Waals surface area contributed by atoms with E-state index in [2.05, 4.69) is 43.0 Å². The quantitative estimate of drug-likeness (QED) is 0.285. The third kappa shape index (κ3) is 6.22. The van der Waals surface area contributed by atoms with Gasteiger partial charge in [0.2, 0.25) is 5.17 Å². The van der Waals surface area contributed by atoms with Gasteiger partial charge in [-0.3, -0.25) is 10.2 Å². The molecule has 2 aliphatic rings. The molecule has 1 amide bonds. The molecule has 2 heterocycles. The normalized spacial score (nSPS) is 16.9. The first-order chi connectivity index (χ1) is 17.9. The Morgan fingerprint density at radius 3 is 2.54 bits per heavy atom. The second kappa shape index (κ2) is 12.1. The lowest BCUT2D eigenvalue weighted by Crippen LogP contribution is -2.35. The van der Waals surface area contributed by atoms with Crippen LogP contribution in [0.4, 0.5) is 0 Å². The van der Waals surface area contributed by atoms with Gasteiger partial charge < -0.3 is 14.2 Å². The third-order valence-electron chi connectivity index (χ3n) is 6.13. The van der Waals surface area contributed by atoms with Gasteiger partial charge in [-0.2, -0.15) is 15.1 Å². The Morgan fingerprint density at radius 2 is 1.84 bits per heavy atom. The van der Waals surface area contributed by atoms with E-state index in [0.29, 0.717) is 41.4 Å². The fourth-order valence-corrected chi connectivity index (χ4v) is 4.83. The summed E-state index contributed by atoms with van der Waals surface area (Å²) in [6.07, 6.45) is 4.45. The number of benzene rings is 2. The number of carbonyl (C=O) groups is 1. The molecule has 37 heavy (non-hydrogen) atoms. The molecule has 194 valence electrons. The van der Waals surface area contributed by atoms with Crippen molar-refractivity contribution in [3.63, 3.8) is 0 Å². The predicted molar refractivity (Wildman–Crippen MR) is 149 cm³/mol. The lowest BCUT2D eigenvalue weighted by atomic mass is 9.99. The van der Waals surface area contributed by atoms with Gasteiger partial charge >= 0.3 is 0 Å². The summed E-state index contributed by atoms with van der Waals surface area (Å²) in [5.74, 6) is 1.98. The maximum absolute atomic E-state index is 12.6. The summed E-state index contributed by atoms with van der Waals surface area (Å²) in [7, 11) is 1.56. The highest BCUT2D eigenvalue weighted by molar-refractivity contribution is 8.26. The van der Waals surface area contributed by atoms with E-state index in [1.165, 1.54) is 22.3 Å². The second-order valence-electron chi connectivity index (χ2n) is 8.75. The third-order valence-corrected chi connectivity index (χ3v) is 7.10.